The lowest BCUT2D eigenvalue weighted by Crippen LogP contribution is -2.46. The van der Waals surface area contributed by atoms with E-state index in [0.717, 1.165) is 25.5 Å². The minimum atomic E-state index is 0.0633. The Morgan fingerprint density at radius 3 is 2.70 bits per heavy atom. The first-order valence-corrected chi connectivity index (χ1v) is 6.98. The Balaban J connectivity index is 1.94. The zero-order valence-corrected chi connectivity index (χ0v) is 12.0. The maximum absolute atomic E-state index is 4.35. The largest absolute Gasteiger partial charge is 0.362 e. The zero-order chi connectivity index (χ0) is 14.0. The molecule has 0 atom stereocenters. The number of aromatic nitrogens is 2. The van der Waals surface area contributed by atoms with Crippen molar-refractivity contribution in [1.29, 1.82) is 0 Å². The SMILES string of the molecule is CC1(C)CN(Cc2ncccn2)c2ccccc2CN1. The molecule has 2 aromatic rings. The van der Waals surface area contributed by atoms with Crippen LogP contribution < -0.4 is 10.2 Å². The molecule has 1 aromatic heterocycles. The summed E-state index contributed by atoms with van der Waals surface area (Å²) in [6, 6.07) is 10.4. The van der Waals surface area contributed by atoms with Gasteiger partial charge in [0.05, 0.1) is 6.54 Å². The van der Waals surface area contributed by atoms with Gasteiger partial charge in [-0.15, -0.1) is 0 Å². The molecule has 0 bridgehead atoms. The third kappa shape index (κ3) is 2.80. The molecule has 4 nitrogen and oxygen atoms in total. The molecular weight excluding hydrogens is 248 g/mol. The lowest BCUT2D eigenvalue weighted by atomic mass is 10.1. The van der Waals surface area contributed by atoms with Gasteiger partial charge >= 0.3 is 0 Å². The Morgan fingerprint density at radius 1 is 1.15 bits per heavy atom. The number of hydrogen-bond acceptors (Lipinski definition) is 4. The van der Waals surface area contributed by atoms with Gasteiger partial charge in [-0.25, -0.2) is 9.97 Å². The smallest absolute Gasteiger partial charge is 0.147 e. The molecule has 0 amide bonds. The van der Waals surface area contributed by atoms with Crippen LogP contribution in [0.4, 0.5) is 5.69 Å². The normalized spacial score (nSPS) is 17.4. The molecule has 0 aliphatic carbocycles. The van der Waals surface area contributed by atoms with Gasteiger partial charge in [-0.3, -0.25) is 0 Å². The summed E-state index contributed by atoms with van der Waals surface area (Å²) in [4.78, 5) is 11.1. The quantitative estimate of drug-likeness (QED) is 0.908. The highest BCUT2D eigenvalue weighted by molar-refractivity contribution is 5.55. The fraction of sp³-hybridized carbons (Fsp3) is 0.375. The van der Waals surface area contributed by atoms with E-state index < -0.39 is 0 Å². The predicted octanol–water partition coefficient (Wildman–Crippen LogP) is 2.37. The lowest BCUT2D eigenvalue weighted by Gasteiger charge is -2.31. The van der Waals surface area contributed by atoms with Crippen LogP contribution in [-0.4, -0.2) is 22.1 Å². The Bertz CT molecular complexity index is 580. The molecule has 4 heteroatoms. The number of para-hydroxylation sites is 1. The second-order valence-electron chi connectivity index (χ2n) is 5.89. The molecular formula is C16H20N4. The summed E-state index contributed by atoms with van der Waals surface area (Å²) in [5.41, 5.74) is 2.67. The van der Waals surface area contributed by atoms with Crippen LogP contribution in [0, 0.1) is 0 Å². The van der Waals surface area contributed by atoms with Crippen LogP contribution in [0.15, 0.2) is 42.7 Å². The molecule has 104 valence electrons. The van der Waals surface area contributed by atoms with E-state index in [-0.39, 0.29) is 5.54 Å². The van der Waals surface area contributed by atoms with E-state index in [2.05, 4.69) is 58.3 Å². The van der Waals surface area contributed by atoms with Gasteiger partial charge in [-0.2, -0.15) is 0 Å². The maximum atomic E-state index is 4.35. The average molecular weight is 268 g/mol. The first-order chi connectivity index (χ1) is 9.64. The van der Waals surface area contributed by atoms with Gasteiger partial charge in [0.1, 0.15) is 5.82 Å². The maximum Gasteiger partial charge on any atom is 0.147 e. The first kappa shape index (κ1) is 13.1. The van der Waals surface area contributed by atoms with Crippen molar-refractivity contribution < 1.29 is 0 Å². The highest BCUT2D eigenvalue weighted by atomic mass is 15.2. The standard InChI is InChI=1S/C16H20N4/c1-16(2)12-20(11-15-17-8-5-9-18-15)14-7-4-3-6-13(14)10-19-16/h3-9,19H,10-12H2,1-2H3. The van der Waals surface area contributed by atoms with Crippen molar-refractivity contribution >= 4 is 5.69 Å². The number of nitrogens with zero attached hydrogens (tertiary/aromatic N) is 3. The topological polar surface area (TPSA) is 41.1 Å². The van der Waals surface area contributed by atoms with Gasteiger partial charge in [0.2, 0.25) is 0 Å². The summed E-state index contributed by atoms with van der Waals surface area (Å²) >= 11 is 0. The summed E-state index contributed by atoms with van der Waals surface area (Å²) in [5.74, 6) is 0.861. The summed E-state index contributed by atoms with van der Waals surface area (Å²) in [6.45, 7) is 7.04. The van der Waals surface area contributed by atoms with Gasteiger partial charge in [0, 0.05) is 36.7 Å². The molecule has 0 saturated heterocycles. The molecule has 0 saturated carbocycles. The summed E-state index contributed by atoms with van der Waals surface area (Å²) in [5, 5.41) is 3.61. The molecule has 1 aliphatic rings. The van der Waals surface area contributed by atoms with Crippen molar-refractivity contribution in [1.82, 2.24) is 15.3 Å². The minimum absolute atomic E-state index is 0.0633. The van der Waals surface area contributed by atoms with E-state index >= 15 is 0 Å². The van der Waals surface area contributed by atoms with E-state index in [1.165, 1.54) is 11.3 Å². The fourth-order valence-corrected chi connectivity index (χ4v) is 2.64. The molecule has 1 aromatic carbocycles. The van der Waals surface area contributed by atoms with Crippen LogP contribution in [0.2, 0.25) is 0 Å². The van der Waals surface area contributed by atoms with Crippen LogP contribution in [0.1, 0.15) is 25.2 Å². The van der Waals surface area contributed by atoms with E-state index in [4.69, 9.17) is 0 Å². The van der Waals surface area contributed by atoms with Gasteiger partial charge in [0.25, 0.3) is 0 Å². The molecule has 0 radical (unpaired) electrons. The Labute approximate surface area is 119 Å². The first-order valence-electron chi connectivity index (χ1n) is 6.98. The molecule has 1 aliphatic heterocycles. The van der Waals surface area contributed by atoms with Crippen LogP contribution in [0.3, 0.4) is 0 Å². The van der Waals surface area contributed by atoms with E-state index in [0.29, 0.717) is 0 Å². The van der Waals surface area contributed by atoms with Crippen molar-refractivity contribution in [3.63, 3.8) is 0 Å². The summed E-state index contributed by atoms with van der Waals surface area (Å²) < 4.78 is 0. The zero-order valence-electron chi connectivity index (χ0n) is 12.0. The van der Waals surface area contributed by atoms with E-state index in [9.17, 15) is 0 Å². The Morgan fingerprint density at radius 2 is 1.90 bits per heavy atom. The van der Waals surface area contributed by atoms with Gasteiger partial charge in [-0.1, -0.05) is 18.2 Å². The minimum Gasteiger partial charge on any atom is -0.362 e. The number of benzene rings is 1. The van der Waals surface area contributed by atoms with Crippen molar-refractivity contribution in [3.05, 3.63) is 54.1 Å². The third-order valence-corrected chi connectivity index (χ3v) is 3.63. The highest BCUT2D eigenvalue weighted by Gasteiger charge is 2.27. The molecule has 0 fully saturated rings. The second-order valence-corrected chi connectivity index (χ2v) is 5.89. The highest BCUT2D eigenvalue weighted by Crippen LogP contribution is 2.27. The molecule has 0 unspecified atom stereocenters. The van der Waals surface area contributed by atoms with Crippen molar-refractivity contribution in [2.24, 2.45) is 0 Å². The monoisotopic (exact) mass is 268 g/mol. The second kappa shape index (κ2) is 5.21. The van der Waals surface area contributed by atoms with Crippen molar-refractivity contribution in [2.75, 3.05) is 11.4 Å². The van der Waals surface area contributed by atoms with Gasteiger partial charge < -0.3 is 10.2 Å². The van der Waals surface area contributed by atoms with E-state index in [1.54, 1.807) is 12.4 Å². The van der Waals surface area contributed by atoms with Gasteiger partial charge in [0.15, 0.2) is 0 Å². The number of hydrogen-bond donors (Lipinski definition) is 1. The van der Waals surface area contributed by atoms with Crippen molar-refractivity contribution in [2.45, 2.75) is 32.5 Å². The Hall–Kier alpha value is -1.94. The number of nitrogens with one attached hydrogen (secondary N) is 1. The fourth-order valence-electron chi connectivity index (χ4n) is 2.64. The molecule has 1 N–H and O–H groups in total. The van der Waals surface area contributed by atoms with E-state index in [1.807, 2.05) is 6.07 Å². The number of fused-ring (bicyclic) bond motifs is 1. The molecule has 20 heavy (non-hydrogen) atoms. The lowest BCUT2D eigenvalue weighted by molar-refractivity contribution is 0.394. The number of rotatable bonds is 2. The average Bonchev–Trinajstić information content (AvgIpc) is 2.57. The third-order valence-electron chi connectivity index (χ3n) is 3.63. The Kier molecular flexibility index (Phi) is 3.40. The van der Waals surface area contributed by atoms with Crippen LogP contribution in [-0.2, 0) is 13.1 Å². The van der Waals surface area contributed by atoms with Crippen LogP contribution in [0.25, 0.3) is 0 Å². The van der Waals surface area contributed by atoms with Crippen LogP contribution in [0.5, 0.6) is 0 Å². The summed E-state index contributed by atoms with van der Waals surface area (Å²) in [7, 11) is 0. The van der Waals surface area contributed by atoms with Crippen molar-refractivity contribution in [3.8, 4) is 0 Å². The van der Waals surface area contributed by atoms with Gasteiger partial charge in [-0.05, 0) is 31.5 Å². The molecule has 3 rings (SSSR count). The number of anilines is 1. The predicted molar refractivity (Wildman–Crippen MR) is 80.4 cm³/mol. The van der Waals surface area contributed by atoms with Crippen LogP contribution >= 0.6 is 0 Å². The molecule has 2 heterocycles. The summed E-state index contributed by atoms with van der Waals surface area (Å²) in [6.07, 6.45) is 3.60. The molecule has 0 spiro atoms.